The summed E-state index contributed by atoms with van der Waals surface area (Å²) in [6.45, 7) is 5.94. The van der Waals surface area contributed by atoms with Gasteiger partial charge < -0.3 is 10.2 Å². The molecule has 2 saturated carbocycles. The van der Waals surface area contributed by atoms with Crippen LogP contribution in [0.5, 0.6) is 0 Å². The first-order valence-electron chi connectivity index (χ1n) is 4.56. The van der Waals surface area contributed by atoms with Gasteiger partial charge in [-0.25, -0.2) is 0 Å². The number of fused-ring (bicyclic) bond motifs is 2. The van der Waals surface area contributed by atoms with Gasteiger partial charge in [0.05, 0.1) is 12.2 Å². The molecule has 3 atom stereocenters. The van der Waals surface area contributed by atoms with E-state index in [1.54, 1.807) is 0 Å². The monoisotopic (exact) mass is 168 g/mol. The van der Waals surface area contributed by atoms with E-state index in [0.717, 1.165) is 24.8 Å². The maximum Gasteiger partial charge on any atom is 0.0766 e. The van der Waals surface area contributed by atoms with Gasteiger partial charge >= 0.3 is 0 Å². The number of hydrogen-bond donors (Lipinski definition) is 2. The van der Waals surface area contributed by atoms with Crippen molar-refractivity contribution in [1.29, 1.82) is 0 Å². The highest BCUT2D eigenvalue weighted by atomic mass is 16.3. The van der Waals surface area contributed by atoms with Crippen molar-refractivity contribution in [3.8, 4) is 0 Å². The van der Waals surface area contributed by atoms with E-state index in [1.807, 2.05) is 6.92 Å². The molecule has 0 radical (unpaired) electrons. The van der Waals surface area contributed by atoms with Gasteiger partial charge in [-0.3, -0.25) is 0 Å². The minimum atomic E-state index is -0.663. The minimum Gasteiger partial charge on any atom is -0.395 e. The summed E-state index contributed by atoms with van der Waals surface area (Å²) in [4.78, 5) is 0. The predicted octanol–water partition coefficient (Wildman–Crippen LogP) is 1.09. The lowest BCUT2D eigenvalue weighted by Gasteiger charge is -2.40. The molecule has 2 nitrogen and oxygen atoms in total. The third-order valence-corrected chi connectivity index (χ3v) is 4.04. The molecule has 0 aromatic rings. The van der Waals surface area contributed by atoms with Gasteiger partial charge in [0.1, 0.15) is 0 Å². The third-order valence-electron chi connectivity index (χ3n) is 4.04. The fourth-order valence-corrected chi connectivity index (χ4v) is 2.82. The fraction of sp³-hybridized carbons (Fsp3) is 0.800. The van der Waals surface area contributed by atoms with Gasteiger partial charge in [0.15, 0.2) is 0 Å². The van der Waals surface area contributed by atoms with Crippen LogP contribution in [0.2, 0.25) is 0 Å². The topological polar surface area (TPSA) is 40.5 Å². The first-order chi connectivity index (χ1) is 5.53. The summed E-state index contributed by atoms with van der Waals surface area (Å²) in [6, 6.07) is 0. The zero-order valence-corrected chi connectivity index (χ0v) is 7.51. The molecule has 2 aliphatic carbocycles. The molecule has 0 saturated heterocycles. The normalized spacial score (nSPS) is 51.9. The Morgan fingerprint density at radius 3 is 2.67 bits per heavy atom. The molecule has 68 valence electrons. The van der Waals surface area contributed by atoms with Gasteiger partial charge in [0.2, 0.25) is 0 Å². The molecule has 12 heavy (non-hydrogen) atoms. The SMILES string of the molecule is C=C1C2CCC(O)(C2)C1(C)CO. The molecule has 2 rings (SSSR count). The van der Waals surface area contributed by atoms with Crippen LogP contribution in [0.4, 0.5) is 0 Å². The zero-order valence-electron chi connectivity index (χ0n) is 7.51. The number of aliphatic hydroxyl groups excluding tert-OH is 1. The van der Waals surface area contributed by atoms with Crippen molar-refractivity contribution in [2.45, 2.75) is 31.8 Å². The summed E-state index contributed by atoms with van der Waals surface area (Å²) in [6.07, 6.45) is 2.68. The molecular formula is C10H16O2. The van der Waals surface area contributed by atoms with Crippen LogP contribution in [0.1, 0.15) is 26.2 Å². The molecule has 2 bridgehead atoms. The lowest BCUT2D eigenvalue weighted by atomic mass is 9.70. The Morgan fingerprint density at radius 1 is 1.67 bits per heavy atom. The van der Waals surface area contributed by atoms with Crippen LogP contribution in [0.3, 0.4) is 0 Å². The van der Waals surface area contributed by atoms with Crippen LogP contribution < -0.4 is 0 Å². The summed E-state index contributed by atoms with van der Waals surface area (Å²) in [7, 11) is 0. The molecule has 2 aliphatic rings. The molecule has 0 aromatic carbocycles. The van der Waals surface area contributed by atoms with Crippen molar-refractivity contribution in [2.75, 3.05) is 6.61 Å². The van der Waals surface area contributed by atoms with Crippen molar-refractivity contribution in [3.63, 3.8) is 0 Å². The number of hydrogen-bond acceptors (Lipinski definition) is 2. The van der Waals surface area contributed by atoms with Crippen LogP contribution in [0.25, 0.3) is 0 Å². The van der Waals surface area contributed by atoms with E-state index in [4.69, 9.17) is 0 Å². The highest BCUT2D eigenvalue weighted by Gasteiger charge is 2.60. The number of aliphatic hydroxyl groups is 2. The van der Waals surface area contributed by atoms with E-state index in [-0.39, 0.29) is 6.61 Å². The highest BCUT2D eigenvalue weighted by molar-refractivity contribution is 5.30. The second-order valence-electron chi connectivity index (χ2n) is 4.49. The van der Waals surface area contributed by atoms with Crippen molar-refractivity contribution >= 4 is 0 Å². The summed E-state index contributed by atoms with van der Waals surface area (Å²) >= 11 is 0. The summed E-state index contributed by atoms with van der Waals surface area (Å²) in [5.74, 6) is 0.451. The van der Waals surface area contributed by atoms with E-state index in [2.05, 4.69) is 6.58 Å². The lowest BCUT2D eigenvalue weighted by Crippen LogP contribution is -2.45. The second kappa shape index (κ2) is 2.12. The van der Waals surface area contributed by atoms with E-state index >= 15 is 0 Å². The molecule has 3 unspecified atom stereocenters. The smallest absolute Gasteiger partial charge is 0.0766 e. The second-order valence-corrected chi connectivity index (χ2v) is 4.49. The highest BCUT2D eigenvalue weighted by Crippen LogP contribution is 2.60. The quantitative estimate of drug-likeness (QED) is 0.575. The first-order valence-corrected chi connectivity index (χ1v) is 4.56. The van der Waals surface area contributed by atoms with Gasteiger partial charge in [-0.05, 0) is 25.2 Å². The first kappa shape index (κ1) is 8.27. The van der Waals surface area contributed by atoms with Crippen molar-refractivity contribution in [2.24, 2.45) is 11.3 Å². The third kappa shape index (κ3) is 0.679. The van der Waals surface area contributed by atoms with Gasteiger partial charge in [0, 0.05) is 5.41 Å². The van der Waals surface area contributed by atoms with E-state index in [9.17, 15) is 10.2 Å². The Balaban J connectivity index is 2.41. The fourth-order valence-electron chi connectivity index (χ4n) is 2.82. The molecule has 0 aromatic heterocycles. The molecule has 0 amide bonds. The largest absolute Gasteiger partial charge is 0.395 e. The van der Waals surface area contributed by atoms with Gasteiger partial charge in [0.25, 0.3) is 0 Å². The lowest BCUT2D eigenvalue weighted by molar-refractivity contribution is -0.0619. The van der Waals surface area contributed by atoms with E-state index < -0.39 is 11.0 Å². The van der Waals surface area contributed by atoms with E-state index in [1.165, 1.54) is 0 Å². The molecule has 2 fully saturated rings. The maximum absolute atomic E-state index is 10.2. The summed E-state index contributed by atoms with van der Waals surface area (Å²) < 4.78 is 0. The van der Waals surface area contributed by atoms with Gasteiger partial charge in [-0.2, -0.15) is 0 Å². The van der Waals surface area contributed by atoms with Crippen molar-refractivity contribution < 1.29 is 10.2 Å². The molecule has 0 heterocycles. The van der Waals surface area contributed by atoms with Crippen LogP contribution >= 0.6 is 0 Å². The number of rotatable bonds is 1. The Labute approximate surface area is 72.9 Å². The summed E-state index contributed by atoms with van der Waals surface area (Å²) in [5, 5.41) is 19.5. The molecule has 0 spiro atoms. The van der Waals surface area contributed by atoms with Crippen LogP contribution in [-0.4, -0.2) is 22.4 Å². The van der Waals surface area contributed by atoms with Crippen molar-refractivity contribution in [1.82, 2.24) is 0 Å². The average molecular weight is 168 g/mol. The molecule has 2 heteroatoms. The van der Waals surface area contributed by atoms with Crippen molar-refractivity contribution in [3.05, 3.63) is 12.2 Å². The molecule has 0 aliphatic heterocycles. The van der Waals surface area contributed by atoms with E-state index in [0.29, 0.717) is 5.92 Å². The van der Waals surface area contributed by atoms with Gasteiger partial charge in [-0.15, -0.1) is 0 Å². The van der Waals surface area contributed by atoms with Crippen LogP contribution in [-0.2, 0) is 0 Å². The molecular weight excluding hydrogens is 152 g/mol. The van der Waals surface area contributed by atoms with Crippen LogP contribution in [0.15, 0.2) is 12.2 Å². The Hall–Kier alpha value is -0.340. The average Bonchev–Trinajstić information content (AvgIpc) is 2.52. The maximum atomic E-state index is 10.2. The Kier molecular flexibility index (Phi) is 1.46. The predicted molar refractivity (Wildman–Crippen MR) is 46.6 cm³/mol. The summed E-state index contributed by atoms with van der Waals surface area (Å²) in [5.41, 5.74) is -0.0434. The Bertz CT molecular complexity index is 236. The van der Waals surface area contributed by atoms with Gasteiger partial charge in [-0.1, -0.05) is 19.1 Å². The molecule has 2 N–H and O–H groups in total. The standard InChI is InChI=1S/C10H16O2/c1-7-8-3-4-10(12,5-8)9(7,2)6-11/h8,11-12H,1,3-6H2,2H3. The zero-order chi connectivity index (χ0) is 8.98. The Morgan fingerprint density at radius 2 is 2.33 bits per heavy atom. The minimum absolute atomic E-state index is 0.0266. The van der Waals surface area contributed by atoms with Crippen LogP contribution in [0, 0.1) is 11.3 Å².